The summed E-state index contributed by atoms with van der Waals surface area (Å²) < 4.78 is 6.52. The third-order valence-electron chi connectivity index (χ3n) is 10.5. The van der Waals surface area contributed by atoms with E-state index in [2.05, 4.69) is 163 Å². The van der Waals surface area contributed by atoms with Crippen molar-refractivity contribution in [1.29, 1.82) is 0 Å². The number of para-hydroxylation sites is 1. The van der Waals surface area contributed by atoms with Gasteiger partial charge in [0.2, 0.25) is 0 Å². The van der Waals surface area contributed by atoms with Crippen LogP contribution >= 0.6 is 0 Å². The monoisotopic (exact) mass is 675 g/mol. The largest absolute Gasteiger partial charge is 0.456 e. The molecule has 53 heavy (non-hydrogen) atoms. The zero-order chi connectivity index (χ0) is 34.9. The number of fused-ring (bicyclic) bond motifs is 9. The molecule has 0 fully saturated rings. The first-order valence-corrected chi connectivity index (χ1v) is 17.8. The smallest absolute Gasteiger partial charge is 0.136 e. The molecule has 0 spiro atoms. The predicted octanol–water partition coefficient (Wildman–Crippen LogP) is 13.1. The lowest BCUT2D eigenvalue weighted by Gasteiger charge is -2.14. The van der Waals surface area contributed by atoms with Crippen LogP contribution in [-0.4, -0.2) is 15.0 Å². The molecule has 0 amide bonds. The average Bonchev–Trinajstić information content (AvgIpc) is 3.62. The van der Waals surface area contributed by atoms with Crippen LogP contribution in [0.2, 0.25) is 0 Å². The van der Waals surface area contributed by atoms with E-state index in [1.165, 1.54) is 10.8 Å². The van der Waals surface area contributed by atoms with Gasteiger partial charge in [-0.25, -0.2) is 4.98 Å². The van der Waals surface area contributed by atoms with Crippen molar-refractivity contribution in [2.75, 3.05) is 0 Å². The highest BCUT2D eigenvalue weighted by Crippen LogP contribution is 2.40. The number of pyridine rings is 3. The molecule has 246 valence electrons. The molecule has 0 bridgehead atoms. The van der Waals surface area contributed by atoms with Crippen molar-refractivity contribution >= 4 is 65.4 Å². The van der Waals surface area contributed by atoms with Crippen LogP contribution in [0.25, 0.3) is 110 Å². The number of aromatic nitrogens is 3. The van der Waals surface area contributed by atoms with Crippen LogP contribution in [0, 0.1) is 0 Å². The van der Waals surface area contributed by atoms with Gasteiger partial charge in [-0.05, 0) is 99.3 Å². The van der Waals surface area contributed by atoms with E-state index < -0.39 is 0 Å². The van der Waals surface area contributed by atoms with Crippen LogP contribution < -0.4 is 0 Å². The summed E-state index contributed by atoms with van der Waals surface area (Å²) in [7, 11) is 0. The molecule has 11 rings (SSSR count). The van der Waals surface area contributed by atoms with Gasteiger partial charge in [-0.15, -0.1) is 0 Å². The van der Waals surface area contributed by atoms with Crippen LogP contribution in [0.3, 0.4) is 0 Å². The molecule has 0 saturated heterocycles. The Labute approximate surface area is 304 Å². The highest BCUT2D eigenvalue weighted by Gasteiger charge is 2.16. The Morgan fingerprint density at radius 1 is 0.396 bits per heavy atom. The van der Waals surface area contributed by atoms with E-state index in [4.69, 9.17) is 14.4 Å². The van der Waals surface area contributed by atoms with Gasteiger partial charge < -0.3 is 4.42 Å². The number of furan rings is 1. The number of hydrogen-bond donors (Lipinski definition) is 0. The number of hydrogen-bond acceptors (Lipinski definition) is 4. The molecule has 0 aliphatic heterocycles. The standard InChI is InChI=1S/C49H29N3O/c1-2-9-30(10-3-1)42-28-44(52-43-15-7-6-14-40(42)43)37-25-35(24-36(26-37)38-23-34-17-16-32-12-8-22-50-48(32)49(34)51-29-38)33-18-20-41-46(27-33)53-45-21-19-31-11-4-5-13-39(31)47(41)45/h1-29H. The second-order valence-corrected chi connectivity index (χ2v) is 13.6. The maximum Gasteiger partial charge on any atom is 0.136 e. The van der Waals surface area contributed by atoms with Gasteiger partial charge in [0.25, 0.3) is 0 Å². The van der Waals surface area contributed by atoms with Gasteiger partial charge in [-0.3, -0.25) is 9.97 Å². The van der Waals surface area contributed by atoms with Gasteiger partial charge in [0.1, 0.15) is 11.2 Å². The molecule has 4 heteroatoms. The Kier molecular flexibility index (Phi) is 6.52. The van der Waals surface area contributed by atoms with Crippen LogP contribution in [0.5, 0.6) is 0 Å². The molecule has 4 nitrogen and oxygen atoms in total. The van der Waals surface area contributed by atoms with E-state index in [9.17, 15) is 0 Å². The van der Waals surface area contributed by atoms with E-state index in [1.807, 2.05) is 18.5 Å². The lowest BCUT2D eigenvalue weighted by molar-refractivity contribution is 0.669. The van der Waals surface area contributed by atoms with E-state index in [0.717, 1.165) is 99.3 Å². The maximum absolute atomic E-state index is 6.52. The highest BCUT2D eigenvalue weighted by atomic mass is 16.3. The predicted molar refractivity (Wildman–Crippen MR) is 219 cm³/mol. The third-order valence-corrected chi connectivity index (χ3v) is 10.5. The number of rotatable bonds is 4. The van der Waals surface area contributed by atoms with Crippen LogP contribution in [0.15, 0.2) is 181 Å². The maximum atomic E-state index is 6.52. The van der Waals surface area contributed by atoms with Gasteiger partial charge in [0.15, 0.2) is 0 Å². The first-order chi connectivity index (χ1) is 26.2. The minimum atomic E-state index is 0.864. The first-order valence-electron chi connectivity index (χ1n) is 17.8. The minimum Gasteiger partial charge on any atom is -0.456 e. The summed E-state index contributed by atoms with van der Waals surface area (Å²) in [6.07, 6.45) is 3.80. The summed E-state index contributed by atoms with van der Waals surface area (Å²) in [5.74, 6) is 0. The van der Waals surface area contributed by atoms with Crippen molar-refractivity contribution in [3.63, 3.8) is 0 Å². The van der Waals surface area contributed by atoms with Crippen molar-refractivity contribution < 1.29 is 4.42 Å². The second kappa shape index (κ2) is 11.7. The van der Waals surface area contributed by atoms with Gasteiger partial charge in [0.05, 0.1) is 22.2 Å². The van der Waals surface area contributed by atoms with Crippen LogP contribution in [-0.2, 0) is 0 Å². The summed E-state index contributed by atoms with van der Waals surface area (Å²) in [5, 5.41) is 7.92. The van der Waals surface area contributed by atoms with E-state index in [0.29, 0.717) is 0 Å². The molecule has 11 aromatic rings. The Morgan fingerprint density at radius 3 is 2.06 bits per heavy atom. The van der Waals surface area contributed by atoms with E-state index in [1.54, 1.807) is 0 Å². The number of benzene rings is 7. The van der Waals surface area contributed by atoms with Crippen molar-refractivity contribution in [2.24, 2.45) is 0 Å². The van der Waals surface area contributed by atoms with Gasteiger partial charge >= 0.3 is 0 Å². The second-order valence-electron chi connectivity index (χ2n) is 13.6. The molecule has 0 radical (unpaired) electrons. The van der Waals surface area contributed by atoms with Gasteiger partial charge in [-0.1, -0.05) is 103 Å². The Bertz CT molecular complexity index is 3240. The minimum absolute atomic E-state index is 0.864. The average molecular weight is 676 g/mol. The number of nitrogens with zero attached hydrogens (tertiary/aromatic N) is 3. The highest BCUT2D eigenvalue weighted by molar-refractivity contribution is 6.19. The lowest BCUT2D eigenvalue weighted by atomic mass is 9.93. The molecule has 4 heterocycles. The molecule has 4 aromatic heterocycles. The Balaban J connectivity index is 1.14. The molecular weight excluding hydrogens is 647 g/mol. The van der Waals surface area contributed by atoms with Gasteiger partial charge in [0, 0.05) is 50.5 Å². The molecule has 0 unspecified atom stereocenters. The van der Waals surface area contributed by atoms with Crippen molar-refractivity contribution in [3.05, 3.63) is 176 Å². The van der Waals surface area contributed by atoms with Crippen molar-refractivity contribution in [2.45, 2.75) is 0 Å². The normalized spacial score (nSPS) is 11.8. The van der Waals surface area contributed by atoms with Crippen LogP contribution in [0.1, 0.15) is 0 Å². The fraction of sp³-hybridized carbons (Fsp3) is 0. The molecule has 0 saturated carbocycles. The van der Waals surface area contributed by atoms with Crippen LogP contribution in [0.4, 0.5) is 0 Å². The summed E-state index contributed by atoms with van der Waals surface area (Å²) in [5.41, 5.74) is 13.0. The molecular formula is C49H29N3O. The fourth-order valence-corrected chi connectivity index (χ4v) is 7.91. The summed E-state index contributed by atoms with van der Waals surface area (Å²) in [6.45, 7) is 0. The Hall–Kier alpha value is -7.17. The Morgan fingerprint density at radius 2 is 1.13 bits per heavy atom. The summed E-state index contributed by atoms with van der Waals surface area (Å²) in [6, 6.07) is 57.7. The SMILES string of the molecule is c1ccc(-c2cc(-c3cc(-c4cnc5c(ccc6cccnc65)c4)cc(-c4ccc5c(c4)oc4ccc6ccccc6c45)c3)nc3ccccc23)cc1. The zero-order valence-electron chi connectivity index (χ0n) is 28.5. The van der Waals surface area contributed by atoms with E-state index in [-0.39, 0.29) is 0 Å². The third kappa shape index (κ3) is 4.88. The van der Waals surface area contributed by atoms with Gasteiger partial charge in [-0.2, -0.15) is 0 Å². The van der Waals surface area contributed by atoms with Crippen molar-refractivity contribution in [3.8, 4) is 44.6 Å². The first kappa shape index (κ1) is 29.5. The summed E-state index contributed by atoms with van der Waals surface area (Å²) >= 11 is 0. The molecule has 0 N–H and O–H groups in total. The molecule has 7 aromatic carbocycles. The molecule has 0 atom stereocenters. The van der Waals surface area contributed by atoms with E-state index >= 15 is 0 Å². The lowest BCUT2D eigenvalue weighted by Crippen LogP contribution is -1.92. The van der Waals surface area contributed by atoms with Crippen molar-refractivity contribution in [1.82, 2.24) is 15.0 Å². The zero-order valence-corrected chi connectivity index (χ0v) is 28.5. The quantitative estimate of drug-likeness (QED) is 0.174. The fourth-order valence-electron chi connectivity index (χ4n) is 7.91. The molecule has 0 aliphatic rings. The molecule has 0 aliphatic carbocycles. The summed E-state index contributed by atoms with van der Waals surface area (Å²) in [4.78, 5) is 14.9. The topological polar surface area (TPSA) is 51.8 Å².